The molecule has 1 aromatic carbocycles. The molecule has 1 aliphatic carbocycles. The molecule has 1 N–H and O–H groups in total. The number of anilines is 1. The SMILES string of the molecule is Cc1ncc(-c2nc3cc(C4CCCN(C(=O)OC(C)(C)C)C4)ccc3o2)c2cc(NC(=O)C3CC3)ncc12. The predicted molar refractivity (Wildman–Crippen MR) is 148 cm³/mol. The minimum Gasteiger partial charge on any atom is -0.444 e. The first kappa shape index (κ1) is 25.3. The third-order valence-corrected chi connectivity index (χ3v) is 7.36. The van der Waals surface area contributed by atoms with Gasteiger partial charge in [-0.05, 0) is 77.1 Å². The first-order chi connectivity index (χ1) is 18.6. The van der Waals surface area contributed by atoms with E-state index in [1.807, 2.05) is 39.8 Å². The van der Waals surface area contributed by atoms with Gasteiger partial charge in [-0.1, -0.05) is 6.07 Å². The van der Waals surface area contributed by atoms with Gasteiger partial charge < -0.3 is 19.4 Å². The van der Waals surface area contributed by atoms with Gasteiger partial charge in [-0.25, -0.2) is 14.8 Å². The lowest BCUT2D eigenvalue weighted by molar-refractivity contribution is -0.117. The van der Waals surface area contributed by atoms with E-state index in [4.69, 9.17) is 14.1 Å². The summed E-state index contributed by atoms with van der Waals surface area (Å²) < 4.78 is 11.8. The van der Waals surface area contributed by atoms with Crippen LogP contribution in [0.1, 0.15) is 63.6 Å². The Morgan fingerprint density at radius 1 is 1.08 bits per heavy atom. The summed E-state index contributed by atoms with van der Waals surface area (Å²) in [5.41, 5.74) is 3.62. The number of piperidine rings is 1. The second-order valence-electron chi connectivity index (χ2n) is 11.6. The molecule has 6 rings (SSSR count). The van der Waals surface area contributed by atoms with E-state index in [1.165, 1.54) is 0 Å². The fraction of sp³-hybridized carbons (Fsp3) is 0.433. The lowest BCUT2D eigenvalue weighted by Gasteiger charge is -2.34. The quantitative estimate of drug-likeness (QED) is 0.336. The summed E-state index contributed by atoms with van der Waals surface area (Å²) in [6, 6.07) is 7.92. The number of benzene rings is 1. The van der Waals surface area contributed by atoms with Crippen LogP contribution in [0.2, 0.25) is 0 Å². The average molecular weight is 528 g/mol. The van der Waals surface area contributed by atoms with Crippen LogP contribution in [-0.4, -0.2) is 50.5 Å². The summed E-state index contributed by atoms with van der Waals surface area (Å²) in [4.78, 5) is 40.6. The number of oxazole rings is 1. The van der Waals surface area contributed by atoms with Crippen LogP contribution in [0.5, 0.6) is 0 Å². The Hall–Kier alpha value is -4.01. The number of hydrogen-bond acceptors (Lipinski definition) is 7. The number of aromatic nitrogens is 3. The molecule has 2 amide bonds. The predicted octanol–water partition coefficient (Wildman–Crippen LogP) is 6.21. The molecule has 2 fully saturated rings. The second-order valence-corrected chi connectivity index (χ2v) is 11.6. The Morgan fingerprint density at radius 2 is 1.90 bits per heavy atom. The van der Waals surface area contributed by atoms with Crippen molar-refractivity contribution in [3.63, 3.8) is 0 Å². The van der Waals surface area contributed by atoms with Crippen LogP contribution >= 0.6 is 0 Å². The molecule has 39 heavy (non-hydrogen) atoms. The summed E-state index contributed by atoms with van der Waals surface area (Å²) in [6.07, 6.45) is 7.00. The number of amides is 2. The molecule has 0 radical (unpaired) electrons. The molecule has 0 bridgehead atoms. The van der Waals surface area contributed by atoms with Crippen LogP contribution in [0.15, 0.2) is 41.1 Å². The van der Waals surface area contributed by atoms with E-state index in [0.717, 1.165) is 58.8 Å². The molecule has 0 spiro atoms. The molecule has 9 nitrogen and oxygen atoms in total. The van der Waals surface area contributed by atoms with Crippen LogP contribution in [0.25, 0.3) is 33.3 Å². The number of carbonyl (C=O) groups is 2. The van der Waals surface area contributed by atoms with Crippen LogP contribution in [0, 0.1) is 12.8 Å². The number of rotatable bonds is 4. The third kappa shape index (κ3) is 5.30. The highest BCUT2D eigenvalue weighted by Gasteiger charge is 2.30. The van der Waals surface area contributed by atoms with Gasteiger partial charge in [-0.2, -0.15) is 0 Å². The van der Waals surface area contributed by atoms with E-state index < -0.39 is 5.60 Å². The largest absolute Gasteiger partial charge is 0.444 e. The number of nitrogens with zero attached hydrogens (tertiary/aromatic N) is 4. The molecule has 1 unspecified atom stereocenters. The number of fused-ring (bicyclic) bond motifs is 2. The maximum Gasteiger partial charge on any atom is 0.410 e. The molecule has 4 aromatic rings. The number of ether oxygens (including phenoxy) is 1. The van der Waals surface area contributed by atoms with Crippen molar-refractivity contribution >= 4 is 39.7 Å². The molecule has 1 saturated carbocycles. The van der Waals surface area contributed by atoms with Gasteiger partial charge in [0.05, 0.1) is 5.56 Å². The normalized spacial score (nSPS) is 17.9. The Balaban J connectivity index is 1.29. The Morgan fingerprint density at radius 3 is 2.67 bits per heavy atom. The number of hydrogen-bond donors (Lipinski definition) is 1. The van der Waals surface area contributed by atoms with Gasteiger partial charge >= 0.3 is 6.09 Å². The second kappa shape index (κ2) is 9.63. The maximum absolute atomic E-state index is 12.7. The number of likely N-dealkylation sites (tertiary alicyclic amines) is 1. The summed E-state index contributed by atoms with van der Waals surface area (Å²) in [7, 11) is 0. The van der Waals surface area contributed by atoms with Crippen molar-refractivity contribution < 1.29 is 18.7 Å². The molecule has 3 aromatic heterocycles. The monoisotopic (exact) mass is 527 g/mol. The highest BCUT2D eigenvalue weighted by atomic mass is 16.6. The van der Waals surface area contributed by atoms with Gasteiger partial charge in [0, 0.05) is 53.8 Å². The lowest BCUT2D eigenvalue weighted by atomic mass is 9.90. The molecule has 202 valence electrons. The van der Waals surface area contributed by atoms with Gasteiger partial charge in [0.25, 0.3) is 0 Å². The fourth-order valence-electron chi connectivity index (χ4n) is 5.13. The standard InChI is InChI=1S/C30H33N5O4/c1-17-22-14-32-26(34-27(36)18-7-8-18)13-21(22)23(15-31-17)28-33-24-12-19(9-10-25(24)38-28)20-6-5-11-35(16-20)29(37)39-30(2,3)4/h9-10,12-15,18,20H,5-8,11,16H2,1-4H3,(H,32,34,36). The number of nitrogens with one attached hydrogen (secondary N) is 1. The summed E-state index contributed by atoms with van der Waals surface area (Å²) in [6.45, 7) is 8.90. The van der Waals surface area contributed by atoms with Crippen molar-refractivity contribution in [2.24, 2.45) is 5.92 Å². The number of aryl methyl sites for hydroxylation is 1. The van der Waals surface area contributed by atoms with Crippen LogP contribution < -0.4 is 5.32 Å². The van der Waals surface area contributed by atoms with Crippen LogP contribution in [0.4, 0.5) is 10.6 Å². The van der Waals surface area contributed by atoms with Crippen LogP contribution in [-0.2, 0) is 9.53 Å². The molecular formula is C30H33N5O4. The van der Waals surface area contributed by atoms with E-state index >= 15 is 0 Å². The van der Waals surface area contributed by atoms with Crippen molar-refractivity contribution in [1.82, 2.24) is 19.9 Å². The molecule has 9 heteroatoms. The number of pyridine rings is 2. The first-order valence-corrected chi connectivity index (χ1v) is 13.6. The molecule has 1 atom stereocenters. The third-order valence-electron chi connectivity index (χ3n) is 7.36. The smallest absolute Gasteiger partial charge is 0.410 e. The lowest BCUT2D eigenvalue weighted by Crippen LogP contribution is -2.42. The summed E-state index contributed by atoms with van der Waals surface area (Å²) >= 11 is 0. The molecule has 1 saturated heterocycles. The van der Waals surface area contributed by atoms with E-state index in [9.17, 15) is 9.59 Å². The van der Waals surface area contributed by atoms with Crippen molar-refractivity contribution in [1.29, 1.82) is 0 Å². The van der Waals surface area contributed by atoms with Gasteiger partial charge in [-0.3, -0.25) is 9.78 Å². The molecule has 1 aliphatic heterocycles. The molecule has 2 aliphatic rings. The zero-order valence-corrected chi connectivity index (χ0v) is 22.8. The Bertz CT molecular complexity index is 1580. The van der Waals surface area contributed by atoms with Crippen molar-refractivity contribution in [3.8, 4) is 11.5 Å². The first-order valence-electron chi connectivity index (χ1n) is 13.6. The topological polar surface area (TPSA) is 110 Å². The minimum absolute atomic E-state index is 0.0107. The average Bonchev–Trinajstić information content (AvgIpc) is 3.67. The zero-order valence-electron chi connectivity index (χ0n) is 22.8. The fourth-order valence-corrected chi connectivity index (χ4v) is 5.13. The van der Waals surface area contributed by atoms with Crippen LogP contribution in [0.3, 0.4) is 0 Å². The van der Waals surface area contributed by atoms with Crippen molar-refractivity contribution in [3.05, 3.63) is 47.9 Å². The van der Waals surface area contributed by atoms with Crippen molar-refractivity contribution in [2.45, 2.75) is 64.9 Å². The van der Waals surface area contributed by atoms with Gasteiger partial charge in [-0.15, -0.1) is 0 Å². The summed E-state index contributed by atoms with van der Waals surface area (Å²) in [5, 5.41) is 4.68. The maximum atomic E-state index is 12.7. The van der Waals surface area contributed by atoms with Gasteiger partial charge in [0.1, 0.15) is 16.9 Å². The van der Waals surface area contributed by atoms with Crippen molar-refractivity contribution in [2.75, 3.05) is 18.4 Å². The Labute approximate surface area is 227 Å². The van der Waals surface area contributed by atoms with Gasteiger partial charge in [0.15, 0.2) is 5.58 Å². The number of carbonyl (C=O) groups excluding carboxylic acids is 2. The molecule has 4 heterocycles. The minimum atomic E-state index is -0.519. The van der Waals surface area contributed by atoms with E-state index in [-0.39, 0.29) is 23.8 Å². The zero-order chi connectivity index (χ0) is 27.3. The summed E-state index contributed by atoms with van der Waals surface area (Å²) in [5.74, 6) is 1.27. The van der Waals surface area contributed by atoms with E-state index in [1.54, 1.807) is 17.3 Å². The Kier molecular flexibility index (Phi) is 6.24. The highest BCUT2D eigenvalue weighted by Crippen LogP contribution is 2.35. The van der Waals surface area contributed by atoms with Gasteiger partial charge in [0.2, 0.25) is 11.8 Å². The van der Waals surface area contributed by atoms with E-state index in [2.05, 4.69) is 27.4 Å². The highest BCUT2D eigenvalue weighted by molar-refractivity contribution is 6.00. The van der Waals surface area contributed by atoms with E-state index in [0.29, 0.717) is 30.4 Å². The molecular weight excluding hydrogens is 494 g/mol.